The number of rotatable bonds is 0. The van der Waals surface area contributed by atoms with Gasteiger partial charge in [0, 0.05) is 6.04 Å². The lowest BCUT2D eigenvalue weighted by atomic mass is 10.1. The molecule has 1 saturated carbocycles. The van der Waals surface area contributed by atoms with E-state index in [1.165, 1.54) is 0 Å². The lowest BCUT2D eigenvalue weighted by molar-refractivity contribution is 0.290. The fourth-order valence-corrected chi connectivity index (χ4v) is 1.34. The predicted octanol–water partition coefficient (Wildman–Crippen LogP) is 1.62. The Morgan fingerprint density at radius 3 is 2.67 bits per heavy atom. The molecular weight excluding hydrogens is 117 g/mol. The molecule has 0 aliphatic heterocycles. The molecule has 0 unspecified atom stereocenters. The summed E-state index contributed by atoms with van der Waals surface area (Å²) in [7, 11) is 0. The van der Waals surface area contributed by atoms with Crippen molar-refractivity contribution < 1.29 is 4.39 Å². The second-order valence-electron chi connectivity index (χ2n) is 2.88. The number of nitrogens with two attached hydrogens (primary N) is 1. The third-order valence-corrected chi connectivity index (χ3v) is 1.90. The van der Waals surface area contributed by atoms with Gasteiger partial charge in [0.2, 0.25) is 0 Å². The molecule has 2 N–H and O–H groups in total. The van der Waals surface area contributed by atoms with Crippen molar-refractivity contribution in [1.29, 1.82) is 0 Å². The summed E-state index contributed by atoms with van der Waals surface area (Å²) in [6.45, 7) is 0. The second kappa shape index (κ2) is 3.16. The summed E-state index contributed by atoms with van der Waals surface area (Å²) < 4.78 is 12.6. The van der Waals surface area contributed by atoms with E-state index in [9.17, 15) is 4.39 Å². The lowest BCUT2D eigenvalue weighted by Crippen LogP contribution is -2.21. The Bertz CT molecular complexity index is 75.0. The van der Waals surface area contributed by atoms with Crippen molar-refractivity contribution in [3.05, 3.63) is 0 Å². The zero-order valence-electron chi connectivity index (χ0n) is 5.65. The maximum absolute atomic E-state index is 12.6. The van der Waals surface area contributed by atoms with E-state index in [1.54, 1.807) is 0 Å². The monoisotopic (exact) mass is 131 g/mol. The molecule has 0 saturated heterocycles. The van der Waals surface area contributed by atoms with Gasteiger partial charge in [-0.2, -0.15) is 0 Å². The molecule has 0 bridgehead atoms. The van der Waals surface area contributed by atoms with Gasteiger partial charge in [-0.25, -0.2) is 4.39 Å². The predicted molar refractivity (Wildman–Crippen MR) is 36.0 cm³/mol. The van der Waals surface area contributed by atoms with E-state index in [2.05, 4.69) is 0 Å². The molecule has 2 atom stereocenters. The highest BCUT2D eigenvalue weighted by atomic mass is 19.1. The van der Waals surface area contributed by atoms with Crippen LogP contribution in [-0.2, 0) is 0 Å². The molecule has 54 valence electrons. The van der Waals surface area contributed by atoms with Gasteiger partial charge in [-0.05, 0) is 19.3 Å². The van der Waals surface area contributed by atoms with Crippen molar-refractivity contribution in [3.8, 4) is 0 Å². The lowest BCUT2D eigenvalue weighted by Gasteiger charge is -2.07. The Morgan fingerprint density at radius 2 is 1.89 bits per heavy atom. The van der Waals surface area contributed by atoms with Crippen molar-refractivity contribution in [2.45, 2.75) is 44.3 Å². The molecule has 0 heterocycles. The van der Waals surface area contributed by atoms with Gasteiger partial charge in [0.05, 0.1) is 0 Å². The maximum Gasteiger partial charge on any atom is 0.102 e. The summed E-state index contributed by atoms with van der Waals surface area (Å²) in [5.41, 5.74) is 5.59. The molecule has 2 heteroatoms. The van der Waals surface area contributed by atoms with Crippen molar-refractivity contribution in [2.24, 2.45) is 5.73 Å². The first-order chi connectivity index (χ1) is 4.29. The minimum absolute atomic E-state index is 0.127. The van der Waals surface area contributed by atoms with Gasteiger partial charge in [0.1, 0.15) is 6.17 Å². The normalized spacial score (nSPS) is 38.0. The first kappa shape index (κ1) is 7.00. The molecule has 1 nitrogen and oxygen atoms in total. The van der Waals surface area contributed by atoms with Gasteiger partial charge in [-0.1, -0.05) is 12.8 Å². The van der Waals surface area contributed by atoms with Gasteiger partial charge >= 0.3 is 0 Å². The third-order valence-electron chi connectivity index (χ3n) is 1.90. The van der Waals surface area contributed by atoms with Crippen LogP contribution >= 0.6 is 0 Å². The van der Waals surface area contributed by atoms with Crippen molar-refractivity contribution in [1.82, 2.24) is 0 Å². The molecule has 0 spiro atoms. The largest absolute Gasteiger partial charge is 0.328 e. The van der Waals surface area contributed by atoms with Crippen molar-refractivity contribution >= 4 is 0 Å². The molecular formula is C7H14FN. The third kappa shape index (κ3) is 2.31. The summed E-state index contributed by atoms with van der Waals surface area (Å²) in [6.07, 6.45) is 3.84. The summed E-state index contributed by atoms with van der Waals surface area (Å²) in [4.78, 5) is 0. The van der Waals surface area contributed by atoms with Crippen molar-refractivity contribution in [2.75, 3.05) is 0 Å². The SMILES string of the molecule is N[C@H]1CCCC[C@H](F)C1. The van der Waals surface area contributed by atoms with E-state index in [0.717, 1.165) is 25.7 Å². The first-order valence-corrected chi connectivity index (χ1v) is 3.68. The van der Waals surface area contributed by atoms with Gasteiger partial charge in [-0.3, -0.25) is 0 Å². The number of halogens is 1. The van der Waals surface area contributed by atoms with Crippen LogP contribution < -0.4 is 5.73 Å². The molecule has 0 aromatic carbocycles. The van der Waals surface area contributed by atoms with Gasteiger partial charge in [0.15, 0.2) is 0 Å². The van der Waals surface area contributed by atoms with E-state index in [4.69, 9.17) is 5.73 Å². The Hall–Kier alpha value is -0.110. The highest BCUT2D eigenvalue weighted by Crippen LogP contribution is 2.18. The average Bonchev–Trinajstić information content (AvgIpc) is 1.93. The molecule has 1 aliphatic rings. The zero-order chi connectivity index (χ0) is 6.69. The van der Waals surface area contributed by atoms with Crippen molar-refractivity contribution in [3.63, 3.8) is 0 Å². The Balaban J connectivity index is 2.29. The van der Waals surface area contributed by atoms with Crippen LogP contribution in [0.3, 0.4) is 0 Å². The summed E-state index contributed by atoms with van der Waals surface area (Å²) in [5, 5.41) is 0. The number of hydrogen-bond donors (Lipinski definition) is 1. The smallest absolute Gasteiger partial charge is 0.102 e. The minimum atomic E-state index is -0.623. The second-order valence-corrected chi connectivity index (χ2v) is 2.88. The standard InChI is InChI=1S/C7H14FN/c8-6-3-1-2-4-7(9)5-6/h6-7H,1-5,9H2/t6-,7-/m0/s1. The zero-order valence-corrected chi connectivity index (χ0v) is 5.65. The minimum Gasteiger partial charge on any atom is -0.328 e. The first-order valence-electron chi connectivity index (χ1n) is 3.68. The molecule has 9 heavy (non-hydrogen) atoms. The number of alkyl halides is 1. The summed E-state index contributed by atoms with van der Waals surface area (Å²) >= 11 is 0. The van der Waals surface area contributed by atoms with Crippen LogP contribution in [0.15, 0.2) is 0 Å². The van der Waals surface area contributed by atoms with E-state index in [-0.39, 0.29) is 6.04 Å². The molecule has 1 fully saturated rings. The van der Waals surface area contributed by atoms with Crippen LogP contribution in [0.5, 0.6) is 0 Å². The van der Waals surface area contributed by atoms with E-state index in [0.29, 0.717) is 6.42 Å². The van der Waals surface area contributed by atoms with Gasteiger partial charge in [0.25, 0.3) is 0 Å². The van der Waals surface area contributed by atoms with Crippen LogP contribution in [0.1, 0.15) is 32.1 Å². The molecule has 1 rings (SSSR count). The molecule has 0 aromatic rings. The average molecular weight is 131 g/mol. The van der Waals surface area contributed by atoms with E-state index < -0.39 is 6.17 Å². The van der Waals surface area contributed by atoms with Gasteiger partial charge in [-0.15, -0.1) is 0 Å². The fourth-order valence-electron chi connectivity index (χ4n) is 1.34. The van der Waals surface area contributed by atoms with E-state index in [1.807, 2.05) is 0 Å². The van der Waals surface area contributed by atoms with Crippen LogP contribution in [-0.4, -0.2) is 12.2 Å². The van der Waals surface area contributed by atoms with Crippen LogP contribution in [0.4, 0.5) is 4.39 Å². The molecule has 0 amide bonds. The molecule has 0 radical (unpaired) electrons. The Morgan fingerprint density at radius 1 is 1.22 bits per heavy atom. The van der Waals surface area contributed by atoms with Crippen LogP contribution in [0.25, 0.3) is 0 Å². The Labute approximate surface area is 55.4 Å². The summed E-state index contributed by atoms with van der Waals surface area (Å²) in [5.74, 6) is 0. The van der Waals surface area contributed by atoms with Crippen LogP contribution in [0.2, 0.25) is 0 Å². The fraction of sp³-hybridized carbons (Fsp3) is 1.00. The highest BCUT2D eigenvalue weighted by molar-refractivity contribution is 4.71. The quantitative estimate of drug-likeness (QED) is 0.497. The molecule has 0 aromatic heterocycles. The summed E-state index contributed by atoms with van der Waals surface area (Å²) in [6, 6.07) is 0.127. The highest BCUT2D eigenvalue weighted by Gasteiger charge is 2.15. The van der Waals surface area contributed by atoms with Gasteiger partial charge < -0.3 is 5.73 Å². The number of hydrogen-bond acceptors (Lipinski definition) is 1. The Kier molecular flexibility index (Phi) is 2.46. The van der Waals surface area contributed by atoms with Crippen LogP contribution in [0, 0.1) is 0 Å². The van der Waals surface area contributed by atoms with E-state index >= 15 is 0 Å². The molecule has 1 aliphatic carbocycles. The topological polar surface area (TPSA) is 26.0 Å². The maximum atomic E-state index is 12.6.